The highest BCUT2D eigenvalue weighted by Crippen LogP contribution is 2.10. The summed E-state index contributed by atoms with van der Waals surface area (Å²) in [4.78, 5) is 36.5. The minimum Gasteiger partial charge on any atom is -0.464 e. The molecule has 1 saturated heterocycles. The second-order valence-corrected chi connectivity index (χ2v) is 4.45. The Labute approximate surface area is 116 Å². The average molecular weight is 276 g/mol. The van der Waals surface area contributed by atoms with E-state index in [2.05, 4.69) is 5.32 Å². The van der Waals surface area contributed by atoms with Crippen molar-refractivity contribution in [3.63, 3.8) is 0 Å². The normalized spacial score (nSPS) is 18.6. The van der Waals surface area contributed by atoms with Gasteiger partial charge in [0.15, 0.2) is 0 Å². The van der Waals surface area contributed by atoms with Crippen LogP contribution in [-0.2, 0) is 25.7 Å². The molecule has 1 fully saturated rings. The molecular formula is C14H16N2O4. The summed E-state index contributed by atoms with van der Waals surface area (Å²) in [5.74, 6) is -1.92. The standard InChI is InChI=1S/C14H16N2O4/c1-2-20-14(19)11-9-16(13(18)12(17)15-11)8-10-6-4-3-5-7-10/h3-7,11H,2,8-9H2,1H3,(H,15,17)/t11-/m1/s1. The van der Waals surface area contributed by atoms with Crippen molar-refractivity contribution in [1.29, 1.82) is 0 Å². The lowest BCUT2D eigenvalue weighted by Crippen LogP contribution is -2.60. The Morgan fingerprint density at radius 1 is 1.35 bits per heavy atom. The molecule has 0 aromatic heterocycles. The lowest BCUT2D eigenvalue weighted by atomic mass is 10.1. The Morgan fingerprint density at radius 2 is 2.05 bits per heavy atom. The van der Waals surface area contributed by atoms with E-state index in [1.165, 1.54) is 4.90 Å². The number of hydrogen-bond donors (Lipinski definition) is 1. The third kappa shape index (κ3) is 3.14. The summed E-state index contributed by atoms with van der Waals surface area (Å²) < 4.78 is 4.87. The number of piperazine rings is 1. The number of carbonyl (C=O) groups is 3. The van der Waals surface area contributed by atoms with Crippen molar-refractivity contribution < 1.29 is 19.1 Å². The molecule has 20 heavy (non-hydrogen) atoms. The van der Waals surface area contributed by atoms with Gasteiger partial charge >= 0.3 is 17.8 Å². The molecule has 0 radical (unpaired) electrons. The Morgan fingerprint density at radius 3 is 2.70 bits per heavy atom. The van der Waals surface area contributed by atoms with Crippen molar-refractivity contribution in [2.24, 2.45) is 0 Å². The van der Waals surface area contributed by atoms with Gasteiger partial charge in [0.1, 0.15) is 6.04 Å². The van der Waals surface area contributed by atoms with Gasteiger partial charge in [0, 0.05) is 6.54 Å². The number of amides is 2. The Balaban J connectivity index is 2.08. The topological polar surface area (TPSA) is 75.7 Å². The number of carbonyl (C=O) groups excluding carboxylic acids is 3. The first-order chi connectivity index (χ1) is 9.61. The maximum absolute atomic E-state index is 11.8. The number of benzene rings is 1. The predicted octanol–water partition coefficient (Wildman–Crippen LogP) is 0.0767. The molecule has 0 spiro atoms. The fraction of sp³-hybridized carbons (Fsp3) is 0.357. The molecule has 0 aliphatic carbocycles. The molecule has 1 atom stereocenters. The third-order valence-corrected chi connectivity index (χ3v) is 2.98. The number of nitrogens with zero attached hydrogens (tertiary/aromatic N) is 1. The lowest BCUT2D eigenvalue weighted by Gasteiger charge is -2.31. The van der Waals surface area contributed by atoms with E-state index >= 15 is 0 Å². The molecule has 106 valence electrons. The van der Waals surface area contributed by atoms with Crippen LogP contribution in [0.1, 0.15) is 12.5 Å². The summed E-state index contributed by atoms with van der Waals surface area (Å²) in [6.07, 6.45) is 0. The molecule has 2 rings (SSSR count). The molecule has 6 nitrogen and oxygen atoms in total. The molecule has 1 N–H and O–H groups in total. The molecule has 0 saturated carbocycles. The van der Waals surface area contributed by atoms with Crippen molar-refractivity contribution in [1.82, 2.24) is 10.2 Å². The molecule has 0 unspecified atom stereocenters. The van der Waals surface area contributed by atoms with Crippen LogP contribution in [0.4, 0.5) is 0 Å². The van der Waals surface area contributed by atoms with E-state index < -0.39 is 23.8 Å². The highest BCUT2D eigenvalue weighted by Gasteiger charge is 2.36. The van der Waals surface area contributed by atoms with Crippen LogP contribution in [0.25, 0.3) is 0 Å². The summed E-state index contributed by atoms with van der Waals surface area (Å²) in [6.45, 7) is 2.34. The zero-order chi connectivity index (χ0) is 14.5. The lowest BCUT2D eigenvalue weighted by molar-refractivity contribution is -0.156. The average Bonchev–Trinajstić information content (AvgIpc) is 2.45. The molecule has 1 aromatic carbocycles. The van der Waals surface area contributed by atoms with Gasteiger partial charge in [-0.15, -0.1) is 0 Å². The van der Waals surface area contributed by atoms with Gasteiger partial charge in [0.25, 0.3) is 0 Å². The van der Waals surface area contributed by atoms with Crippen molar-refractivity contribution in [2.45, 2.75) is 19.5 Å². The highest BCUT2D eigenvalue weighted by molar-refractivity contribution is 6.36. The fourth-order valence-electron chi connectivity index (χ4n) is 2.03. The quantitative estimate of drug-likeness (QED) is 0.624. The van der Waals surface area contributed by atoms with Gasteiger partial charge in [-0.25, -0.2) is 4.79 Å². The van der Waals surface area contributed by atoms with Crippen molar-refractivity contribution >= 4 is 17.8 Å². The second-order valence-electron chi connectivity index (χ2n) is 4.45. The molecule has 1 aliphatic rings. The minimum atomic E-state index is -0.802. The van der Waals surface area contributed by atoms with Crippen molar-refractivity contribution in [2.75, 3.05) is 13.2 Å². The molecular weight excluding hydrogens is 260 g/mol. The molecule has 0 bridgehead atoms. The van der Waals surface area contributed by atoms with Crippen LogP contribution in [0.3, 0.4) is 0 Å². The molecule has 6 heteroatoms. The molecule has 1 aliphatic heterocycles. The summed E-state index contributed by atoms with van der Waals surface area (Å²) >= 11 is 0. The largest absolute Gasteiger partial charge is 0.464 e. The molecule has 2 amide bonds. The first-order valence-corrected chi connectivity index (χ1v) is 6.42. The van der Waals surface area contributed by atoms with Gasteiger partial charge in [-0.2, -0.15) is 0 Å². The van der Waals surface area contributed by atoms with Gasteiger partial charge in [-0.05, 0) is 12.5 Å². The Kier molecular flexibility index (Phi) is 4.34. The van der Waals surface area contributed by atoms with Crippen LogP contribution in [0.5, 0.6) is 0 Å². The van der Waals surface area contributed by atoms with Crippen LogP contribution in [0, 0.1) is 0 Å². The van der Waals surface area contributed by atoms with E-state index in [9.17, 15) is 14.4 Å². The smallest absolute Gasteiger partial charge is 0.330 e. The predicted molar refractivity (Wildman–Crippen MR) is 70.4 cm³/mol. The number of ether oxygens (including phenoxy) is 1. The van der Waals surface area contributed by atoms with Gasteiger partial charge < -0.3 is 15.0 Å². The molecule has 1 aromatic rings. The van der Waals surface area contributed by atoms with Crippen LogP contribution in [0.2, 0.25) is 0 Å². The van der Waals surface area contributed by atoms with Crippen LogP contribution < -0.4 is 5.32 Å². The fourth-order valence-corrected chi connectivity index (χ4v) is 2.03. The summed E-state index contributed by atoms with van der Waals surface area (Å²) in [5.41, 5.74) is 0.901. The maximum atomic E-state index is 11.8. The minimum absolute atomic E-state index is 0.123. The van der Waals surface area contributed by atoms with Crippen molar-refractivity contribution in [3.05, 3.63) is 35.9 Å². The second kappa shape index (κ2) is 6.18. The maximum Gasteiger partial charge on any atom is 0.330 e. The van der Waals surface area contributed by atoms with Crippen LogP contribution in [-0.4, -0.2) is 41.9 Å². The zero-order valence-electron chi connectivity index (χ0n) is 11.2. The SMILES string of the molecule is CCOC(=O)[C@H]1CN(Cc2ccccc2)C(=O)C(=O)N1. The first-order valence-electron chi connectivity index (χ1n) is 6.42. The number of rotatable bonds is 4. The Bertz CT molecular complexity index is 515. The van der Waals surface area contributed by atoms with Gasteiger partial charge in [-0.3, -0.25) is 9.59 Å². The summed E-state index contributed by atoms with van der Waals surface area (Å²) in [7, 11) is 0. The Hall–Kier alpha value is -2.37. The van der Waals surface area contributed by atoms with Gasteiger partial charge in [0.05, 0.1) is 13.2 Å². The highest BCUT2D eigenvalue weighted by atomic mass is 16.5. The molecule has 1 heterocycles. The van der Waals surface area contributed by atoms with E-state index in [4.69, 9.17) is 4.74 Å². The summed E-state index contributed by atoms with van der Waals surface area (Å²) in [6, 6.07) is 8.50. The van der Waals surface area contributed by atoms with Gasteiger partial charge in [-0.1, -0.05) is 30.3 Å². The van der Waals surface area contributed by atoms with Gasteiger partial charge in [0.2, 0.25) is 0 Å². The third-order valence-electron chi connectivity index (χ3n) is 2.98. The van der Waals surface area contributed by atoms with E-state index in [0.717, 1.165) is 5.56 Å². The van der Waals surface area contributed by atoms with E-state index in [-0.39, 0.29) is 13.2 Å². The number of esters is 1. The van der Waals surface area contributed by atoms with Crippen LogP contribution >= 0.6 is 0 Å². The van der Waals surface area contributed by atoms with Crippen LogP contribution in [0.15, 0.2) is 30.3 Å². The van der Waals surface area contributed by atoms with E-state index in [1.807, 2.05) is 30.3 Å². The first kappa shape index (κ1) is 14.0. The summed E-state index contributed by atoms with van der Waals surface area (Å²) in [5, 5.41) is 2.36. The van der Waals surface area contributed by atoms with E-state index in [1.54, 1.807) is 6.92 Å². The van der Waals surface area contributed by atoms with E-state index in [0.29, 0.717) is 6.54 Å². The zero-order valence-corrected chi connectivity index (χ0v) is 11.2. The number of hydrogen-bond acceptors (Lipinski definition) is 4. The number of nitrogens with one attached hydrogen (secondary N) is 1. The monoisotopic (exact) mass is 276 g/mol. The van der Waals surface area contributed by atoms with Crippen molar-refractivity contribution in [3.8, 4) is 0 Å².